The first kappa shape index (κ1) is 11.0. The smallest absolute Gasteiger partial charge is 0.281 e. The fourth-order valence-electron chi connectivity index (χ4n) is 2.96. The lowest BCUT2D eigenvalue weighted by Crippen LogP contribution is -2.36. The summed E-state index contributed by atoms with van der Waals surface area (Å²) in [7, 11) is 0. The number of nitrogen functional groups attached to an aromatic ring is 1. The van der Waals surface area contributed by atoms with Crippen LogP contribution in [0.2, 0.25) is 0 Å². The van der Waals surface area contributed by atoms with Crippen LogP contribution in [0.3, 0.4) is 0 Å². The van der Waals surface area contributed by atoms with Crippen molar-refractivity contribution in [2.24, 2.45) is 0 Å². The standard InChI is InChI=1S/C19H17F2N7O/c20-18(21)17-13-8-23-15(22)7-12(13)14(9-24-17)19-25-16-2-1-11(10-28(16)26-19)27-3-5-29-6-4-27/h1-2,7-10,18H,3-6H2,(H2,22,23)/i3D2,4D2,5D2,6D2. The van der Waals surface area contributed by atoms with Gasteiger partial charge >= 0.3 is 0 Å². The molecule has 5 rings (SSSR count). The normalized spacial score (nSPS) is 26.0. The van der Waals surface area contributed by atoms with Gasteiger partial charge in [0.25, 0.3) is 6.43 Å². The maximum Gasteiger partial charge on any atom is 0.281 e. The van der Waals surface area contributed by atoms with Crippen molar-refractivity contribution >= 4 is 27.9 Å². The average molecular weight is 405 g/mol. The number of nitrogens with two attached hydrogens (primary N) is 1. The molecule has 1 fully saturated rings. The number of halogens is 2. The molecule has 1 aliphatic rings. The lowest BCUT2D eigenvalue weighted by atomic mass is 10.1. The summed E-state index contributed by atoms with van der Waals surface area (Å²) in [6, 6.07) is 3.92. The summed E-state index contributed by atoms with van der Waals surface area (Å²) < 4.78 is 97.0. The number of ether oxygens (including phenoxy) is 1. The van der Waals surface area contributed by atoms with Crippen LogP contribution in [0.4, 0.5) is 20.3 Å². The van der Waals surface area contributed by atoms with E-state index in [-0.39, 0.29) is 39.3 Å². The number of alkyl halides is 2. The highest BCUT2D eigenvalue weighted by Crippen LogP contribution is 2.32. The highest BCUT2D eigenvalue weighted by atomic mass is 19.3. The Balaban J connectivity index is 1.67. The van der Waals surface area contributed by atoms with E-state index in [0.29, 0.717) is 4.90 Å². The van der Waals surface area contributed by atoms with Crippen molar-refractivity contribution in [3.05, 3.63) is 42.5 Å². The third kappa shape index (κ3) is 3.11. The van der Waals surface area contributed by atoms with Crippen LogP contribution >= 0.6 is 0 Å². The molecule has 10 heteroatoms. The maximum absolute atomic E-state index is 13.5. The topological polar surface area (TPSA) is 94.5 Å². The fraction of sp³-hybridized carbons (Fsp3) is 0.263. The van der Waals surface area contributed by atoms with E-state index in [0.717, 1.165) is 16.9 Å². The highest BCUT2D eigenvalue weighted by Gasteiger charge is 2.19. The van der Waals surface area contributed by atoms with Crippen molar-refractivity contribution < 1.29 is 24.5 Å². The van der Waals surface area contributed by atoms with E-state index < -0.39 is 38.2 Å². The molecule has 0 saturated carbocycles. The summed E-state index contributed by atoms with van der Waals surface area (Å²) in [5.41, 5.74) is 5.42. The maximum atomic E-state index is 13.5. The molecule has 0 radical (unpaired) electrons. The van der Waals surface area contributed by atoms with Crippen LogP contribution in [0.15, 0.2) is 36.8 Å². The molecule has 0 atom stereocenters. The van der Waals surface area contributed by atoms with Gasteiger partial charge in [-0.3, -0.25) is 4.98 Å². The first-order chi connectivity index (χ1) is 17.1. The van der Waals surface area contributed by atoms with E-state index >= 15 is 0 Å². The molecule has 29 heavy (non-hydrogen) atoms. The van der Waals surface area contributed by atoms with Gasteiger partial charge in [0.15, 0.2) is 11.5 Å². The molecule has 0 aromatic carbocycles. The number of hydrogen-bond donors (Lipinski definition) is 1. The molecule has 2 N–H and O–H groups in total. The number of fused-ring (bicyclic) bond motifs is 2. The minimum atomic E-state index is -3.23. The number of morpholine rings is 1. The zero-order chi connectivity index (χ0) is 27.1. The zero-order valence-electron chi connectivity index (χ0n) is 22.5. The number of aromatic nitrogens is 5. The van der Waals surface area contributed by atoms with E-state index in [2.05, 4.69) is 24.8 Å². The molecule has 148 valence electrons. The summed E-state index contributed by atoms with van der Waals surface area (Å²) >= 11 is 0. The largest absolute Gasteiger partial charge is 0.384 e. The Hall–Kier alpha value is -3.40. The van der Waals surface area contributed by atoms with E-state index in [4.69, 9.17) is 16.7 Å². The van der Waals surface area contributed by atoms with Gasteiger partial charge in [-0.25, -0.2) is 23.3 Å². The van der Waals surface area contributed by atoms with Gasteiger partial charge < -0.3 is 15.4 Å². The second-order valence-electron chi connectivity index (χ2n) is 6.00. The van der Waals surface area contributed by atoms with Gasteiger partial charge in [-0.05, 0) is 18.2 Å². The molecule has 4 aromatic heterocycles. The Morgan fingerprint density at radius 2 is 1.97 bits per heavy atom. The third-order valence-electron chi connectivity index (χ3n) is 4.26. The van der Waals surface area contributed by atoms with Gasteiger partial charge in [0.1, 0.15) is 11.5 Å². The lowest BCUT2D eigenvalue weighted by Gasteiger charge is -2.28. The van der Waals surface area contributed by atoms with Gasteiger partial charge in [-0.15, -0.1) is 5.10 Å². The number of pyridine rings is 3. The Bertz CT molecular complexity index is 1520. The Labute approximate surface area is 175 Å². The first-order valence-corrected chi connectivity index (χ1v) is 8.26. The Morgan fingerprint density at radius 1 is 1.14 bits per heavy atom. The van der Waals surface area contributed by atoms with Gasteiger partial charge in [0, 0.05) is 41.7 Å². The van der Waals surface area contributed by atoms with E-state index in [1.165, 1.54) is 24.4 Å². The van der Waals surface area contributed by atoms with Crippen LogP contribution in [-0.2, 0) is 4.74 Å². The van der Waals surface area contributed by atoms with Crippen molar-refractivity contribution in [3.8, 4) is 11.4 Å². The predicted octanol–water partition coefficient (Wildman–Crippen LogP) is 2.70. The molecule has 0 spiro atoms. The molecule has 0 aliphatic carbocycles. The summed E-state index contributed by atoms with van der Waals surface area (Å²) in [6.45, 7) is -12.7. The van der Waals surface area contributed by atoms with Crippen LogP contribution in [-0.4, -0.2) is 50.7 Å². The number of nitrogens with zero attached hydrogens (tertiary/aromatic N) is 6. The first-order valence-electron chi connectivity index (χ1n) is 12.3. The molecule has 5 heterocycles. The monoisotopic (exact) mass is 405 g/mol. The zero-order valence-corrected chi connectivity index (χ0v) is 14.5. The molecular weight excluding hydrogens is 380 g/mol. The van der Waals surface area contributed by atoms with Crippen LogP contribution in [0.25, 0.3) is 27.8 Å². The summed E-state index contributed by atoms with van der Waals surface area (Å²) in [5.74, 6) is 0.0891. The highest BCUT2D eigenvalue weighted by molar-refractivity contribution is 5.97. The molecule has 1 saturated heterocycles. The average Bonchev–Trinajstić information content (AvgIpc) is 3.19. The van der Waals surface area contributed by atoms with Crippen LogP contribution in [0, 0.1) is 0 Å². The van der Waals surface area contributed by atoms with Crippen molar-refractivity contribution in [2.75, 3.05) is 36.7 Å². The molecule has 1 aliphatic heterocycles. The summed E-state index contributed by atoms with van der Waals surface area (Å²) in [6.07, 6.45) is 0.583. The third-order valence-corrected chi connectivity index (χ3v) is 4.26. The Morgan fingerprint density at radius 3 is 2.76 bits per heavy atom. The quantitative estimate of drug-likeness (QED) is 0.560. The van der Waals surface area contributed by atoms with Gasteiger partial charge in [-0.2, -0.15) is 0 Å². The molecule has 8 nitrogen and oxygen atoms in total. The van der Waals surface area contributed by atoms with E-state index in [1.54, 1.807) is 0 Å². The SMILES string of the molecule is [2H]C1([2H])OC([2H])([2H])C([2H])([2H])N(c2ccc3nc(-c4cnc(C(F)F)c5cnc(N)cc45)nn3c2)C1([2H])[2H]. The van der Waals surface area contributed by atoms with Crippen LogP contribution in [0.1, 0.15) is 23.1 Å². The second kappa shape index (κ2) is 6.89. The van der Waals surface area contributed by atoms with Gasteiger partial charge in [0.05, 0.1) is 36.0 Å². The number of hydrogen-bond acceptors (Lipinski definition) is 7. The molecular formula is C19H17F2N7O. The van der Waals surface area contributed by atoms with E-state index in [1.807, 2.05) is 0 Å². The fourth-order valence-corrected chi connectivity index (χ4v) is 2.96. The van der Waals surface area contributed by atoms with Crippen molar-refractivity contribution in [1.82, 2.24) is 24.6 Å². The molecule has 4 aromatic rings. The van der Waals surface area contributed by atoms with Crippen molar-refractivity contribution in [1.29, 1.82) is 0 Å². The van der Waals surface area contributed by atoms with E-state index in [9.17, 15) is 8.78 Å². The number of rotatable bonds is 3. The van der Waals surface area contributed by atoms with Crippen molar-refractivity contribution in [2.45, 2.75) is 6.43 Å². The summed E-state index contributed by atoms with van der Waals surface area (Å²) in [4.78, 5) is 12.3. The summed E-state index contributed by atoms with van der Waals surface area (Å²) in [5, 5.41) is 4.59. The predicted molar refractivity (Wildman–Crippen MR) is 104 cm³/mol. The van der Waals surface area contributed by atoms with Crippen LogP contribution in [0.5, 0.6) is 0 Å². The minimum absolute atomic E-state index is 0.0275. The van der Waals surface area contributed by atoms with Crippen LogP contribution < -0.4 is 10.6 Å². The second-order valence-corrected chi connectivity index (χ2v) is 6.00. The molecule has 0 amide bonds. The number of anilines is 2. The molecule has 0 unspecified atom stereocenters. The van der Waals surface area contributed by atoms with Gasteiger partial charge in [0.2, 0.25) is 0 Å². The van der Waals surface area contributed by atoms with Gasteiger partial charge in [-0.1, -0.05) is 0 Å². The van der Waals surface area contributed by atoms with Crippen molar-refractivity contribution in [3.63, 3.8) is 0 Å². The lowest BCUT2D eigenvalue weighted by molar-refractivity contribution is 0.122. The minimum Gasteiger partial charge on any atom is -0.384 e. The molecule has 0 bridgehead atoms. The Kier molecular flexibility index (Phi) is 2.60.